The fraction of sp³-hybridized carbons (Fsp3) is 0.280. The number of aromatic nitrogens is 1. The molecule has 0 bridgehead atoms. The Bertz CT molecular complexity index is 1270. The summed E-state index contributed by atoms with van der Waals surface area (Å²) in [6.45, 7) is 1.58. The molecular formula is C25H28N4O6S. The van der Waals surface area contributed by atoms with Gasteiger partial charge in [-0.1, -0.05) is 6.07 Å². The maximum Gasteiger partial charge on any atom is 0.263 e. The number of pyridine rings is 1. The summed E-state index contributed by atoms with van der Waals surface area (Å²) in [6, 6.07) is 15.2. The van der Waals surface area contributed by atoms with Gasteiger partial charge in [0.2, 0.25) is 0 Å². The lowest BCUT2D eigenvalue weighted by molar-refractivity contribution is 0.0681. The predicted molar refractivity (Wildman–Crippen MR) is 135 cm³/mol. The Balaban J connectivity index is 1.58. The molecular weight excluding hydrogens is 484 g/mol. The van der Waals surface area contributed by atoms with Crippen LogP contribution in [0.15, 0.2) is 82.0 Å². The average molecular weight is 513 g/mol. The summed E-state index contributed by atoms with van der Waals surface area (Å²) >= 11 is 0. The number of benzene rings is 2. The molecule has 3 rings (SSSR count). The summed E-state index contributed by atoms with van der Waals surface area (Å²) in [7, 11) is -2.19. The maximum atomic E-state index is 12.5. The van der Waals surface area contributed by atoms with Crippen LogP contribution in [0.3, 0.4) is 0 Å². The average Bonchev–Trinajstić information content (AvgIpc) is 2.88. The van der Waals surface area contributed by atoms with Crippen molar-refractivity contribution in [1.82, 2.24) is 4.98 Å². The first kappa shape index (κ1) is 26.9. The molecule has 0 unspecified atom stereocenters. The second-order valence-corrected chi connectivity index (χ2v) is 9.38. The smallest absolute Gasteiger partial charge is 0.263 e. The molecule has 0 atom stereocenters. The molecule has 36 heavy (non-hydrogen) atoms. The van der Waals surface area contributed by atoms with Crippen molar-refractivity contribution in [2.24, 2.45) is 10.2 Å². The number of unbranched alkanes of at least 4 members (excludes halogenated alkanes) is 1. The van der Waals surface area contributed by atoms with Crippen LogP contribution < -0.4 is 4.72 Å². The molecule has 0 fully saturated rings. The number of carbonyl (C=O) groups is 1. The first-order valence-corrected chi connectivity index (χ1v) is 12.8. The molecule has 0 saturated carbocycles. The molecule has 0 saturated heterocycles. The number of hydrogen-bond donors (Lipinski definition) is 2. The number of sulfonamides is 1. The van der Waals surface area contributed by atoms with E-state index < -0.39 is 10.0 Å². The molecule has 2 aromatic carbocycles. The molecule has 1 aromatic heterocycles. The summed E-state index contributed by atoms with van der Waals surface area (Å²) in [5, 5.41) is 18.3. The fourth-order valence-electron chi connectivity index (χ4n) is 3.11. The van der Waals surface area contributed by atoms with E-state index in [1.807, 2.05) is 0 Å². The summed E-state index contributed by atoms with van der Waals surface area (Å²) in [5.74, 6) is -0.101. The number of aromatic hydroxyl groups is 1. The molecule has 0 aliphatic carbocycles. The molecule has 0 spiro atoms. The standard InChI is InChI=1S/C25H28N4O6S/c1-34-16-17-35-15-5-3-6-23(30)22-18-20(10-13-24(22)31)28-27-19-8-11-21(12-9-19)36(32,33)29-25-7-2-4-14-26-25/h2,4,7-14,18,31H,3,5-6,15-17H2,1H3,(H,26,29). The van der Waals surface area contributed by atoms with Gasteiger partial charge in [-0.2, -0.15) is 10.2 Å². The van der Waals surface area contributed by atoms with Crippen LogP contribution in [0.5, 0.6) is 5.75 Å². The summed E-state index contributed by atoms with van der Waals surface area (Å²) in [4.78, 5) is 16.5. The number of anilines is 1. The molecule has 1 heterocycles. The van der Waals surface area contributed by atoms with E-state index in [1.54, 1.807) is 25.3 Å². The first-order valence-electron chi connectivity index (χ1n) is 11.3. The molecule has 3 aromatic rings. The Morgan fingerprint density at radius 3 is 2.44 bits per heavy atom. The summed E-state index contributed by atoms with van der Waals surface area (Å²) < 4.78 is 37.7. The number of hydrogen-bond acceptors (Lipinski definition) is 9. The zero-order valence-corrected chi connectivity index (χ0v) is 20.6. The highest BCUT2D eigenvalue weighted by Gasteiger charge is 2.15. The third-order valence-corrected chi connectivity index (χ3v) is 6.36. The lowest BCUT2D eigenvalue weighted by Gasteiger charge is -2.07. The van der Waals surface area contributed by atoms with Gasteiger partial charge in [0.25, 0.3) is 10.0 Å². The minimum absolute atomic E-state index is 0.0497. The monoisotopic (exact) mass is 512 g/mol. The molecule has 0 aliphatic rings. The van der Waals surface area contributed by atoms with Gasteiger partial charge >= 0.3 is 0 Å². The Labute approximate surface area is 210 Å². The van der Waals surface area contributed by atoms with E-state index in [2.05, 4.69) is 19.9 Å². The maximum absolute atomic E-state index is 12.5. The van der Waals surface area contributed by atoms with Crippen molar-refractivity contribution in [3.8, 4) is 5.75 Å². The van der Waals surface area contributed by atoms with Crippen LogP contribution in [0.1, 0.15) is 29.6 Å². The highest BCUT2D eigenvalue weighted by atomic mass is 32.2. The summed E-state index contributed by atoms with van der Waals surface area (Å²) in [5.41, 5.74) is 0.975. The highest BCUT2D eigenvalue weighted by molar-refractivity contribution is 7.92. The van der Waals surface area contributed by atoms with Crippen LogP contribution >= 0.6 is 0 Å². The van der Waals surface area contributed by atoms with E-state index >= 15 is 0 Å². The van der Waals surface area contributed by atoms with E-state index in [1.165, 1.54) is 48.7 Å². The van der Waals surface area contributed by atoms with Crippen molar-refractivity contribution < 1.29 is 27.8 Å². The Hall–Kier alpha value is -3.67. The minimum atomic E-state index is -3.80. The topological polar surface area (TPSA) is 140 Å². The van der Waals surface area contributed by atoms with E-state index in [0.717, 1.165) is 6.42 Å². The van der Waals surface area contributed by atoms with Gasteiger partial charge < -0.3 is 14.6 Å². The SMILES string of the molecule is COCCOCCCCC(=O)c1cc(N=Nc2ccc(S(=O)(=O)Nc3ccccn3)cc2)ccc1O. The number of Topliss-reactive ketones (excluding diaryl/α,β-unsaturated/α-hetero) is 1. The quantitative estimate of drug-likeness (QED) is 0.176. The lowest BCUT2D eigenvalue weighted by atomic mass is 10.0. The third-order valence-electron chi connectivity index (χ3n) is 4.99. The van der Waals surface area contributed by atoms with Gasteiger partial charge in [-0.25, -0.2) is 13.4 Å². The van der Waals surface area contributed by atoms with E-state index in [4.69, 9.17) is 9.47 Å². The fourth-order valence-corrected chi connectivity index (χ4v) is 4.11. The number of methoxy groups -OCH3 is 1. The minimum Gasteiger partial charge on any atom is -0.507 e. The van der Waals surface area contributed by atoms with Crippen LogP contribution in [-0.4, -0.2) is 51.2 Å². The van der Waals surface area contributed by atoms with Gasteiger partial charge in [-0.3, -0.25) is 9.52 Å². The molecule has 0 aliphatic heterocycles. The first-order chi connectivity index (χ1) is 17.4. The van der Waals surface area contributed by atoms with Crippen molar-refractivity contribution >= 4 is 33.0 Å². The van der Waals surface area contributed by atoms with Gasteiger partial charge in [-0.05, 0) is 67.4 Å². The Morgan fingerprint density at radius 1 is 0.972 bits per heavy atom. The van der Waals surface area contributed by atoms with Gasteiger partial charge in [-0.15, -0.1) is 0 Å². The van der Waals surface area contributed by atoms with E-state index in [-0.39, 0.29) is 34.2 Å². The van der Waals surface area contributed by atoms with Crippen molar-refractivity contribution in [3.05, 3.63) is 72.4 Å². The number of phenolic OH excluding ortho intramolecular Hbond substituents is 1. The second-order valence-electron chi connectivity index (χ2n) is 7.70. The molecule has 11 heteroatoms. The van der Waals surface area contributed by atoms with Crippen molar-refractivity contribution in [3.63, 3.8) is 0 Å². The number of rotatable bonds is 14. The Kier molecular flexibility index (Phi) is 10.0. The number of phenols is 1. The van der Waals surface area contributed by atoms with Crippen molar-refractivity contribution in [2.75, 3.05) is 31.7 Å². The van der Waals surface area contributed by atoms with Crippen molar-refractivity contribution in [1.29, 1.82) is 0 Å². The number of nitrogens with zero attached hydrogens (tertiary/aromatic N) is 3. The van der Waals surface area contributed by atoms with E-state index in [9.17, 15) is 18.3 Å². The normalized spacial score (nSPS) is 11.6. The van der Waals surface area contributed by atoms with Crippen LogP contribution in [0, 0.1) is 0 Å². The lowest BCUT2D eigenvalue weighted by Crippen LogP contribution is -2.13. The van der Waals surface area contributed by atoms with Crippen LogP contribution in [0.2, 0.25) is 0 Å². The molecule has 10 nitrogen and oxygen atoms in total. The third kappa shape index (κ3) is 8.22. The van der Waals surface area contributed by atoms with Crippen LogP contribution in [0.25, 0.3) is 0 Å². The zero-order valence-electron chi connectivity index (χ0n) is 19.8. The van der Waals surface area contributed by atoms with Gasteiger partial charge in [0.05, 0.1) is 35.0 Å². The molecule has 0 radical (unpaired) electrons. The highest BCUT2D eigenvalue weighted by Crippen LogP contribution is 2.27. The number of ether oxygens (including phenoxy) is 2. The summed E-state index contributed by atoms with van der Waals surface area (Å²) in [6.07, 6.45) is 3.11. The van der Waals surface area contributed by atoms with Gasteiger partial charge in [0.15, 0.2) is 5.78 Å². The van der Waals surface area contributed by atoms with Crippen LogP contribution in [-0.2, 0) is 19.5 Å². The van der Waals surface area contributed by atoms with Crippen molar-refractivity contribution in [2.45, 2.75) is 24.2 Å². The number of carbonyl (C=O) groups excluding carboxylic acids is 1. The number of azo groups is 1. The Morgan fingerprint density at radius 2 is 1.72 bits per heavy atom. The molecule has 0 amide bonds. The predicted octanol–water partition coefficient (Wildman–Crippen LogP) is 5.02. The zero-order chi connectivity index (χ0) is 25.8. The number of nitrogens with one attached hydrogen (secondary N) is 1. The number of ketones is 1. The van der Waals surface area contributed by atoms with Gasteiger partial charge in [0.1, 0.15) is 11.6 Å². The van der Waals surface area contributed by atoms with Gasteiger partial charge in [0, 0.05) is 26.3 Å². The van der Waals surface area contributed by atoms with Crippen LogP contribution in [0.4, 0.5) is 17.2 Å². The largest absolute Gasteiger partial charge is 0.507 e. The molecule has 2 N–H and O–H groups in total. The second kappa shape index (κ2) is 13.4. The van der Waals surface area contributed by atoms with E-state index in [0.29, 0.717) is 37.6 Å². The molecule has 190 valence electrons.